The number of methoxy groups -OCH3 is 1. The molecule has 176 valence electrons. The molecule has 0 radical (unpaired) electrons. The average Bonchev–Trinajstić information content (AvgIpc) is 2.70. The Morgan fingerprint density at radius 1 is 0.938 bits per heavy atom. The molecule has 2 aromatic carbocycles. The summed E-state index contributed by atoms with van der Waals surface area (Å²) in [5.74, 6) is -0.593. The van der Waals surface area contributed by atoms with Gasteiger partial charge in [0.2, 0.25) is 0 Å². The van der Waals surface area contributed by atoms with Gasteiger partial charge in [-0.25, -0.2) is 13.6 Å². The normalized spacial score (nSPS) is 17.0. The van der Waals surface area contributed by atoms with E-state index in [9.17, 15) is 13.6 Å². The summed E-state index contributed by atoms with van der Waals surface area (Å²) in [4.78, 5) is 16.5. The van der Waals surface area contributed by atoms with Gasteiger partial charge < -0.3 is 14.4 Å². The highest BCUT2D eigenvalue weighted by Gasteiger charge is 2.34. The van der Waals surface area contributed by atoms with Gasteiger partial charge >= 0.3 is 6.09 Å². The number of piperazine rings is 1. The van der Waals surface area contributed by atoms with E-state index in [-0.39, 0.29) is 29.8 Å². The number of nitrogens with zero attached hydrogens (tertiary/aromatic N) is 2. The van der Waals surface area contributed by atoms with Crippen LogP contribution in [0.4, 0.5) is 13.6 Å². The topological polar surface area (TPSA) is 42.0 Å². The molecule has 1 amide bonds. The van der Waals surface area contributed by atoms with Crippen LogP contribution in [0.5, 0.6) is 0 Å². The van der Waals surface area contributed by atoms with Crippen molar-refractivity contribution in [1.29, 1.82) is 0 Å². The lowest BCUT2D eigenvalue weighted by atomic mass is 9.95. The third kappa shape index (κ3) is 7.28. The van der Waals surface area contributed by atoms with Gasteiger partial charge in [0.05, 0.1) is 6.04 Å². The Hall–Kier alpha value is -2.51. The molecule has 0 N–H and O–H groups in total. The molecule has 0 spiro atoms. The van der Waals surface area contributed by atoms with Crippen molar-refractivity contribution in [1.82, 2.24) is 9.80 Å². The van der Waals surface area contributed by atoms with Gasteiger partial charge in [0, 0.05) is 39.9 Å². The van der Waals surface area contributed by atoms with Crippen LogP contribution < -0.4 is 0 Å². The zero-order valence-electron chi connectivity index (χ0n) is 19.8. The van der Waals surface area contributed by atoms with Crippen LogP contribution in [0.2, 0.25) is 0 Å². The van der Waals surface area contributed by atoms with E-state index in [4.69, 9.17) is 4.74 Å². The second-order valence-electron chi connectivity index (χ2n) is 8.93. The van der Waals surface area contributed by atoms with Crippen molar-refractivity contribution in [2.24, 2.45) is 0 Å². The lowest BCUT2D eigenvalue weighted by molar-refractivity contribution is -0.00223. The standard InChI is InChI=1S/C23H28F2N2O2.C2H6O/c1-16-15-26(13-14-27(16)22(28)29-23(2,3)4)21(17-5-9-19(24)10-6-17)18-7-11-20(25)12-8-18;1-3-2/h5-12,16,21H,13-15H2,1-4H3;1-2H3. The minimum absolute atomic E-state index is 0.0537. The van der Waals surface area contributed by atoms with E-state index in [0.29, 0.717) is 19.6 Å². The zero-order chi connectivity index (χ0) is 23.9. The molecule has 1 saturated heterocycles. The van der Waals surface area contributed by atoms with E-state index in [1.807, 2.05) is 27.7 Å². The summed E-state index contributed by atoms with van der Waals surface area (Å²) >= 11 is 0. The summed E-state index contributed by atoms with van der Waals surface area (Å²) in [5.41, 5.74) is 1.31. The van der Waals surface area contributed by atoms with Gasteiger partial charge in [0.1, 0.15) is 17.2 Å². The van der Waals surface area contributed by atoms with Crippen LogP contribution in [0.25, 0.3) is 0 Å². The van der Waals surface area contributed by atoms with Crippen LogP contribution in [0.15, 0.2) is 48.5 Å². The number of hydrogen-bond acceptors (Lipinski definition) is 4. The molecule has 0 bridgehead atoms. The quantitative estimate of drug-likeness (QED) is 0.643. The first-order valence-electron chi connectivity index (χ1n) is 10.7. The highest BCUT2D eigenvalue weighted by molar-refractivity contribution is 5.68. The Morgan fingerprint density at radius 3 is 1.75 bits per heavy atom. The molecule has 0 saturated carbocycles. The number of carbonyl (C=O) groups excluding carboxylic acids is 1. The summed E-state index contributed by atoms with van der Waals surface area (Å²) in [6, 6.07) is 12.6. The number of carbonyl (C=O) groups is 1. The van der Waals surface area contributed by atoms with Gasteiger partial charge in [0.15, 0.2) is 0 Å². The fourth-order valence-electron chi connectivity index (χ4n) is 3.72. The maximum atomic E-state index is 13.5. The summed E-state index contributed by atoms with van der Waals surface area (Å²) in [6.07, 6.45) is -0.315. The van der Waals surface area contributed by atoms with Crippen LogP contribution >= 0.6 is 0 Å². The monoisotopic (exact) mass is 448 g/mol. The van der Waals surface area contributed by atoms with Crippen molar-refractivity contribution in [3.8, 4) is 0 Å². The van der Waals surface area contributed by atoms with Gasteiger partial charge in [-0.2, -0.15) is 0 Å². The molecule has 7 heteroatoms. The van der Waals surface area contributed by atoms with E-state index in [1.54, 1.807) is 43.4 Å². The zero-order valence-corrected chi connectivity index (χ0v) is 19.8. The average molecular weight is 449 g/mol. The smallest absolute Gasteiger partial charge is 0.410 e. The van der Waals surface area contributed by atoms with Crippen LogP contribution in [0, 0.1) is 11.6 Å². The molecule has 0 aliphatic carbocycles. The first kappa shape index (κ1) is 25.7. The summed E-state index contributed by atoms with van der Waals surface area (Å²) in [7, 11) is 3.25. The molecular weight excluding hydrogens is 414 g/mol. The summed E-state index contributed by atoms with van der Waals surface area (Å²) < 4.78 is 36.7. The predicted molar refractivity (Wildman–Crippen MR) is 122 cm³/mol. The Bertz CT molecular complexity index is 805. The minimum Gasteiger partial charge on any atom is -0.444 e. The summed E-state index contributed by atoms with van der Waals surface area (Å²) in [6.45, 7) is 9.32. The molecule has 1 fully saturated rings. The molecule has 2 aromatic rings. The van der Waals surface area contributed by atoms with Crippen LogP contribution in [-0.2, 0) is 9.47 Å². The molecule has 1 unspecified atom stereocenters. The largest absolute Gasteiger partial charge is 0.444 e. The van der Waals surface area contributed by atoms with Gasteiger partial charge in [-0.05, 0) is 63.1 Å². The number of ether oxygens (including phenoxy) is 2. The minimum atomic E-state index is -0.543. The number of amides is 1. The highest BCUT2D eigenvalue weighted by atomic mass is 19.1. The Kier molecular flexibility index (Phi) is 9.16. The second kappa shape index (κ2) is 11.4. The third-order valence-corrected chi connectivity index (χ3v) is 5.02. The second-order valence-corrected chi connectivity index (χ2v) is 8.93. The third-order valence-electron chi connectivity index (χ3n) is 5.02. The van der Waals surface area contributed by atoms with Gasteiger partial charge in [0.25, 0.3) is 0 Å². The van der Waals surface area contributed by atoms with Gasteiger partial charge in [-0.3, -0.25) is 4.90 Å². The predicted octanol–water partition coefficient (Wildman–Crippen LogP) is 5.26. The maximum absolute atomic E-state index is 13.5. The van der Waals surface area contributed by atoms with E-state index in [0.717, 1.165) is 11.1 Å². The number of rotatable bonds is 3. The number of benzene rings is 2. The first-order chi connectivity index (χ1) is 15.1. The first-order valence-corrected chi connectivity index (χ1v) is 10.7. The number of halogens is 2. The molecule has 1 aliphatic heterocycles. The lowest BCUT2D eigenvalue weighted by Gasteiger charge is -2.43. The molecule has 32 heavy (non-hydrogen) atoms. The fraction of sp³-hybridized carbons (Fsp3) is 0.480. The molecule has 1 atom stereocenters. The van der Waals surface area contributed by atoms with Gasteiger partial charge in [-0.1, -0.05) is 24.3 Å². The van der Waals surface area contributed by atoms with E-state index >= 15 is 0 Å². The van der Waals surface area contributed by atoms with Crippen LogP contribution in [0.3, 0.4) is 0 Å². The van der Waals surface area contributed by atoms with E-state index in [1.165, 1.54) is 24.3 Å². The lowest BCUT2D eigenvalue weighted by Crippen LogP contribution is -2.55. The fourth-order valence-corrected chi connectivity index (χ4v) is 3.72. The highest BCUT2D eigenvalue weighted by Crippen LogP contribution is 2.31. The molecule has 1 aliphatic rings. The molecular formula is C25H34F2N2O3. The van der Waals surface area contributed by atoms with Crippen molar-refractivity contribution in [3.05, 3.63) is 71.3 Å². The van der Waals surface area contributed by atoms with Crippen molar-refractivity contribution < 1.29 is 23.0 Å². The van der Waals surface area contributed by atoms with Crippen LogP contribution in [-0.4, -0.2) is 61.4 Å². The SMILES string of the molecule is CC1CN(C(c2ccc(F)cc2)c2ccc(F)cc2)CCN1C(=O)OC(C)(C)C.COC. The summed E-state index contributed by atoms with van der Waals surface area (Å²) in [5, 5.41) is 0. The Balaban J connectivity index is 0.00000114. The van der Waals surface area contributed by atoms with E-state index in [2.05, 4.69) is 9.64 Å². The van der Waals surface area contributed by atoms with Crippen LogP contribution in [0.1, 0.15) is 44.9 Å². The number of hydrogen-bond donors (Lipinski definition) is 0. The molecule has 5 nitrogen and oxygen atoms in total. The Morgan fingerprint density at radius 2 is 1.38 bits per heavy atom. The van der Waals surface area contributed by atoms with Crippen molar-refractivity contribution >= 4 is 6.09 Å². The van der Waals surface area contributed by atoms with Gasteiger partial charge in [-0.15, -0.1) is 0 Å². The molecule has 3 rings (SSSR count). The van der Waals surface area contributed by atoms with E-state index < -0.39 is 5.60 Å². The van der Waals surface area contributed by atoms with Crippen molar-refractivity contribution in [2.45, 2.75) is 45.4 Å². The Labute approximate surface area is 189 Å². The van der Waals surface area contributed by atoms with Crippen molar-refractivity contribution in [2.75, 3.05) is 33.9 Å². The molecule has 0 aromatic heterocycles. The molecule has 1 heterocycles. The van der Waals surface area contributed by atoms with Crippen molar-refractivity contribution in [3.63, 3.8) is 0 Å². The maximum Gasteiger partial charge on any atom is 0.410 e.